The molecule has 0 spiro atoms. The van der Waals surface area contributed by atoms with Gasteiger partial charge in [0.25, 0.3) is 0 Å². The molecule has 1 aromatic heterocycles. The van der Waals surface area contributed by atoms with E-state index in [1.165, 1.54) is 9.13 Å². The molecule has 0 amide bonds. The normalized spacial score (nSPS) is 10.9. The molecule has 4 heteroatoms. The highest BCUT2D eigenvalue weighted by molar-refractivity contribution is 5.35. The highest BCUT2D eigenvalue weighted by atomic mass is 16.2. The van der Waals surface area contributed by atoms with Crippen molar-refractivity contribution in [3.8, 4) is 5.69 Å². The summed E-state index contributed by atoms with van der Waals surface area (Å²) < 4.78 is 2.87. The highest BCUT2D eigenvalue weighted by Gasteiger charge is 2.07. The first-order valence-corrected chi connectivity index (χ1v) is 6.38. The zero-order valence-corrected chi connectivity index (χ0v) is 11.5. The van der Waals surface area contributed by atoms with Crippen LogP contribution in [0.15, 0.2) is 46.2 Å². The van der Waals surface area contributed by atoms with E-state index in [1.54, 1.807) is 12.4 Å². The average molecular weight is 258 g/mol. The smallest absolute Gasteiger partial charge is 0.309 e. The molecule has 4 nitrogen and oxygen atoms in total. The van der Waals surface area contributed by atoms with Crippen molar-refractivity contribution in [2.24, 2.45) is 5.92 Å². The molecule has 0 aliphatic carbocycles. The minimum absolute atomic E-state index is 0.326. The Bertz CT molecular complexity index is 696. The van der Waals surface area contributed by atoms with E-state index in [0.29, 0.717) is 12.5 Å². The summed E-state index contributed by atoms with van der Waals surface area (Å²) in [6.07, 6.45) is 3.33. The Morgan fingerprint density at radius 3 is 2.47 bits per heavy atom. The van der Waals surface area contributed by atoms with Crippen molar-refractivity contribution in [2.45, 2.75) is 27.3 Å². The summed E-state index contributed by atoms with van der Waals surface area (Å²) in [7, 11) is 0. The number of aromatic nitrogens is 2. The van der Waals surface area contributed by atoms with Crippen LogP contribution in [0.5, 0.6) is 0 Å². The van der Waals surface area contributed by atoms with Gasteiger partial charge in [-0.1, -0.05) is 26.0 Å². The molecule has 2 aromatic rings. The quantitative estimate of drug-likeness (QED) is 0.790. The first-order valence-electron chi connectivity index (χ1n) is 6.38. The Labute approximate surface area is 111 Å². The SMILES string of the molecule is Cc1cccc(-n2ccn(CC(C)C)c(=O)c2=O)c1. The second kappa shape index (κ2) is 5.26. The molecule has 0 fully saturated rings. The van der Waals surface area contributed by atoms with Crippen LogP contribution in [0.1, 0.15) is 19.4 Å². The van der Waals surface area contributed by atoms with Crippen molar-refractivity contribution in [1.29, 1.82) is 0 Å². The van der Waals surface area contributed by atoms with Crippen LogP contribution in [0.2, 0.25) is 0 Å². The average Bonchev–Trinajstić information content (AvgIpc) is 2.35. The van der Waals surface area contributed by atoms with Crippen LogP contribution in [-0.4, -0.2) is 9.13 Å². The second-order valence-electron chi connectivity index (χ2n) is 5.16. The van der Waals surface area contributed by atoms with Crippen LogP contribution in [0.3, 0.4) is 0 Å². The van der Waals surface area contributed by atoms with E-state index in [0.717, 1.165) is 11.3 Å². The lowest BCUT2D eigenvalue weighted by molar-refractivity contribution is 0.504. The van der Waals surface area contributed by atoms with Crippen molar-refractivity contribution in [3.63, 3.8) is 0 Å². The predicted octanol–water partition coefficient (Wildman–Crippen LogP) is 1.96. The highest BCUT2D eigenvalue weighted by Crippen LogP contribution is 2.07. The number of nitrogens with zero attached hydrogens (tertiary/aromatic N) is 2. The molecule has 0 aliphatic heterocycles. The summed E-state index contributed by atoms with van der Waals surface area (Å²) >= 11 is 0. The third-order valence-electron chi connectivity index (χ3n) is 2.90. The van der Waals surface area contributed by atoms with Crippen molar-refractivity contribution in [1.82, 2.24) is 9.13 Å². The molecule has 0 radical (unpaired) electrons. The van der Waals surface area contributed by atoms with Gasteiger partial charge in [0.05, 0.1) is 0 Å². The molecule has 0 saturated carbocycles. The fraction of sp³-hybridized carbons (Fsp3) is 0.333. The van der Waals surface area contributed by atoms with Crippen LogP contribution in [0.4, 0.5) is 0 Å². The minimum Gasteiger partial charge on any atom is -0.309 e. The topological polar surface area (TPSA) is 44.0 Å². The summed E-state index contributed by atoms with van der Waals surface area (Å²) in [5.74, 6) is 0.326. The monoisotopic (exact) mass is 258 g/mol. The van der Waals surface area contributed by atoms with Gasteiger partial charge in [0, 0.05) is 24.6 Å². The molecule has 0 aliphatic rings. The Hall–Kier alpha value is -2.10. The standard InChI is InChI=1S/C15H18N2O2/c1-11(2)10-16-7-8-17(15(19)14(16)18)13-6-4-5-12(3)9-13/h4-9,11H,10H2,1-3H3. The fourth-order valence-corrected chi connectivity index (χ4v) is 2.03. The zero-order valence-electron chi connectivity index (χ0n) is 11.5. The molecule has 100 valence electrons. The molecule has 19 heavy (non-hydrogen) atoms. The number of hydrogen-bond acceptors (Lipinski definition) is 2. The van der Waals surface area contributed by atoms with E-state index in [9.17, 15) is 9.59 Å². The molecular weight excluding hydrogens is 240 g/mol. The maximum atomic E-state index is 12.1. The maximum Gasteiger partial charge on any atom is 0.320 e. The number of aryl methyl sites for hydroxylation is 1. The van der Waals surface area contributed by atoms with Gasteiger partial charge in [0.15, 0.2) is 0 Å². The number of hydrogen-bond donors (Lipinski definition) is 0. The molecule has 0 unspecified atom stereocenters. The summed E-state index contributed by atoms with van der Waals surface area (Å²) in [5, 5.41) is 0. The van der Waals surface area contributed by atoms with E-state index in [-0.39, 0.29) is 0 Å². The van der Waals surface area contributed by atoms with E-state index in [1.807, 2.05) is 45.0 Å². The van der Waals surface area contributed by atoms with Gasteiger partial charge in [-0.25, -0.2) is 0 Å². The van der Waals surface area contributed by atoms with E-state index in [2.05, 4.69) is 0 Å². The van der Waals surface area contributed by atoms with Gasteiger partial charge in [0.2, 0.25) is 0 Å². The summed E-state index contributed by atoms with van der Waals surface area (Å²) in [4.78, 5) is 24.1. The molecule has 1 aromatic carbocycles. The fourth-order valence-electron chi connectivity index (χ4n) is 2.03. The second-order valence-corrected chi connectivity index (χ2v) is 5.16. The summed E-state index contributed by atoms with van der Waals surface area (Å²) in [6, 6.07) is 7.53. The van der Waals surface area contributed by atoms with Crippen molar-refractivity contribution < 1.29 is 0 Å². The van der Waals surface area contributed by atoms with E-state index >= 15 is 0 Å². The maximum absolute atomic E-state index is 12.1. The van der Waals surface area contributed by atoms with Crippen LogP contribution >= 0.6 is 0 Å². The predicted molar refractivity (Wildman–Crippen MR) is 75.9 cm³/mol. The van der Waals surface area contributed by atoms with Crippen molar-refractivity contribution >= 4 is 0 Å². The van der Waals surface area contributed by atoms with E-state index in [4.69, 9.17) is 0 Å². The Morgan fingerprint density at radius 1 is 1.11 bits per heavy atom. The number of benzene rings is 1. The molecular formula is C15H18N2O2. The van der Waals surface area contributed by atoms with Gasteiger partial charge in [-0.2, -0.15) is 0 Å². The number of rotatable bonds is 3. The molecule has 0 atom stereocenters. The van der Waals surface area contributed by atoms with Crippen LogP contribution in [0.25, 0.3) is 5.69 Å². The first-order chi connectivity index (χ1) is 8.99. The van der Waals surface area contributed by atoms with Gasteiger partial charge in [-0.05, 0) is 30.5 Å². The Morgan fingerprint density at radius 2 is 1.84 bits per heavy atom. The van der Waals surface area contributed by atoms with Gasteiger partial charge >= 0.3 is 11.1 Å². The third kappa shape index (κ3) is 2.84. The van der Waals surface area contributed by atoms with Gasteiger partial charge in [0.1, 0.15) is 0 Å². The lowest BCUT2D eigenvalue weighted by Crippen LogP contribution is -2.40. The first kappa shape index (κ1) is 13.3. The third-order valence-corrected chi connectivity index (χ3v) is 2.90. The van der Waals surface area contributed by atoms with E-state index < -0.39 is 11.1 Å². The lowest BCUT2D eigenvalue weighted by atomic mass is 10.2. The summed E-state index contributed by atoms with van der Waals surface area (Å²) in [5.41, 5.74) is 0.793. The van der Waals surface area contributed by atoms with Crippen molar-refractivity contribution in [2.75, 3.05) is 0 Å². The zero-order chi connectivity index (χ0) is 14.0. The Kier molecular flexibility index (Phi) is 3.69. The van der Waals surface area contributed by atoms with Crippen LogP contribution < -0.4 is 11.1 Å². The minimum atomic E-state index is -0.506. The van der Waals surface area contributed by atoms with Gasteiger partial charge in [-0.3, -0.25) is 14.2 Å². The molecule has 0 N–H and O–H groups in total. The van der Waals surface area contributed by atoms with Crippen molar-refractivity contribution in [3.05, 3.63) is 62.9 Å². The molecule has 0 saturated heterocycles. The largest absolute Gasteiger partial charge is 0.320 e. The Balaban J connectivity index is 2.53. The summed E-state index contributed by atoms with van der Waals surface area (Å²) in [6.45, 7) is 6.54. The lowest BCUT2D eigenvalue weighted by Gasteiger charge is -2.11. The van der Waals surface area contributed by atoms with Gasteiger partial charge in [-0.15, -0.1) is 0 Å². The molecule has 2 rings (SSSR count). The van der Waals surface area contributed by atoms with Gasteiger partial charge < -0.3 is 4.57 Å². The molecule has 1 heterocycles. The molecule has 0 bridgehead atoms. The van der Waals surface area contributed by atoms with Crippen LogP contribution in [0, 0.1) is 12.8 Å². The van der Waals surface area contributed by atoms with Crippen LogP contribution in [-0.2, 0) is 6.54 Å².